The molecule has 9 aromatic carbocycles. The molecule has 0 bridgehead atoms. The summed E-state index contributed by atoms with van der Waals surface area (Å²) in [6.45, 7) is 9.27. The van der Waals surface area contributed by atoms with Gasteiger partial charge in [0.1, 0.15) is 45.3 Å². The van der Waals surface area contributed by atoms with Crippen LogP contribution in [-0.2, 0) is 47.9 Å². The highest BCUT2D eigenvalue weighted by Crippen LogP contribution is 2.38. The van der Waals surface area contributed by atoms with Crippen molar-refractivity contribution in [1.82, 2.24) is 39.4 Å². The first-order valence-corrected chi connectivity index (χ1v) is 39.8. The summed E-state index contributed by atoms with van der Waals surface area (Å²) >= 11 is 11.8. The number of nitrogens with zero attached hydrogens (tertiary/aromatic N) is 12. The number of amides is 20. The Balaban J connectivity index is 0.000000149. The van der Waals surface area contributed by atoms with Crippen molar-refractivity contribution in [2.24, 2.45) is 0 Å². The topological polar surface area (TPSA) is 323 Å². The summed E-state index contributed by atoms with van der Waals surface area (Å²) in [4.78, 5) is 206. The quantitative estimate of drug-likeness (QED) is 0.0907. The van der Waals surface area contributed by atoms with Crippen LogP contribution in [0.25, 0.3) is 50.9 Å². The van der Waals surface area contributed by atoms with E-state index in [0.717, 1.165) is 98.4 Å². The predicted molar refractivity (Wildman–Crippen MR) is 482 cm³/mol. The molecule has 0 N–H and O–H groups in total. The fourth-order valence-corrected chi connectivity index (χ4v) is 14.2. The molecule has 20 amide bonds. The van der Waals surface area contributed by atoms with E-state index in [-0.39, 0.29) is 39.5 Å². The molecule has 0 radical (unpaired) electrons. The zero-order chi connectivity index (χ0) is 91.7. The first kappa shape index (κ1) is 90.2. The van der Waals surface area contributed by atoms with Crippen LogP contribution in [0.1, 0.15) is 58.4 Å². The van der Waals surface area contributed by atoms with Gasteiger partial charge in [-0.3, -0.25) is 77.3 Å². The van der Waals surface area contributed by atoms with E-state index in [4.69, 9.17) is 27.9 Å². The third kappa shape index (κ3) is 18.8. The molecule has 5 saturated heterocycles. The van der Waals surface area contributed by atoms with E-state index in [1.807, 2.05) is 154 Å². The van der Waals surface area contributed by atoms with Crippen molar-refractivity contribution in [2.75, 3.05) is 69.0 Å². The molecule has 2 aromatic heterocycles. The summed E-state index contributed by atoms with van der Waals surface area (Å²) in [5.74, 6) is -5.60. The number of imide groups is 10. The molecule has 638 valence electrons. The molecule has 5 aliphatic rings. The molecule has 0 aliphatic carbocycles. The van der Waals surface area contributed by atoms with Crippen molar-refractivity contribution < 1.29 is 76.7 Å². The van der Waals surface area contributed by atoms with E-state index in [0.29, 0.717) is 55.0 Å². The largest absolute Gasteiger partial charge is 0.496 e. The van der Waals surface area contributed by atoms with E-state index >= 15 is 0 Å². The first-order valence-electron chi connectivity index (χ1n) is 39.0. The molecule has 5 aliphatic heterocycles. The van der Waals surface area contributed by atoms with Gasteiger partial charge >= 0.3 is 30.2 Å². The minimum atomic E-state index is -0.817. The van der Waals surface area contributed by atoms with Crippen LogP contribution < -0.4 is 24.3 Å². The highest BCUT2D eigenvalue weighted by Gasteiger charge is 2.48. The highest BCUT2D eigenvalue weighted by atomic mass is 35.5. The van der Waals surface area contributed by atoms with Crippen LogP contribution in [0.15, 0.2) is 277 Å². The number of hydrogen-bond acceptors (Lipinski definition) is 18. The molecule has 0 unspecified atom stereocenters. The number of allylic oxidation sites excluding steroid dienone is 2. The van der Waals surface area contributed by atoms with E-state index in [1.165, 1.54) is 86.1 Å². The molecule has 127 heavy (non-hydrogen) atoms. The maximum Gasteiger partial charge on any atom is 0.345 e. The average molecular weight is 1740 g/mol. The van der Waals surface area contributed by atoms with Crippen molar-refractivity contribution in [2.45, 2.75) is 34.6 Å². The number of urea groups is 5. The Hall–Kier alpha value is -16.1. The number of aromatic nitrogens is 2. The molecule has 5 fully saturated rings. The van der Waals surface area contributed by atoms with Crippen LogP contribution in [0.2, 0.25) is 10.0 Å². The maximum atomic E-state index is 14.0. The lowest BCUT2D eigenvalue weighted by Gasteiger charge is -2.35. The number of carbonyl (C=O) groups excluding carboxylic acids is 15. The van der Waals surface area contributed by atoms with Crippen molar-refractivity contribution in [3.8, 4) is 5.75 Å². The lowest BCUT2D eigenvalue weighted by molar-refractivity contribution is -0.135. The van der Waals surface area contributed by atoms with Gasteiger partial charge in [0.2, 0.25) is 0 Å². The van der Waals surface area contributed by atoms with Crippen LogP contribution in [0.4, 0.5) is 47.0 Å². The standard InChI is InChI=1S/C33H24N2O3.C23H18N4O3.C14H14N2O4.C14H14N2O3.C13H10Cl2N2O3/c1-21-11-13-23(14-12-21)22(2)30-31(36)34(28-17-15-24-7-3-5-9-26(24)19-28)33(38)35(32(30)37)29-18-16-25-8-4-6-10-27(25)20-29;1-15-9-11-17(12-10-15)16(2)20-21(28)26(18-7-3-5-13-24-18)23(30)27(22(20)29)19-8-4-6-14-25-19;1-15-12(17)10(13(18)16(2)14(15)19)8-9-6-4-5-7-11(9)20-3;1-9-6-4-5-7-10(9)8-11-12(17)15(2)14(19)16(3)13(11)18;1-16-11(18)9(12(19)17(2)13(16)20)5-7-3-4-8(14)6-10(7)15/h3-20H,1-2H3;3-14H,1-2H3;4-8H,1-3H3;4-8H,1-3H3;3-6H,1-2H3. The number of aryl methyl sites for hydroxylation is 3. The first-order chi connectivity index (χ1) is 60.6. The number of hydrogen-bond donors (Lipinski definition) is 0. The number of anilines is 4. The molecular formula is C97H80Cl2N12O16. The Bertz CT molecular complexity index is 6340. The average Bonchev–Trinajstić information content (AvgIpc) is 0.798. The van der Waals surface area contributed by atoms with E-state index in [9.17, 15) is 71.9 Å². The third-order valence-corrected chi connectivity index (χ3v) is 21.6. The van der Waals surface area contributed by atoms with Gasteiger partial charge in [0.15, 0.2) is 0 Å². The van der Waals surface area contributed by atoms with Gasteiger partial charge in [-0.15, -0.1) is 0 Å². The molecule has 0 saturated carbocycles. The van der Waals surface area contributed by atoms with Gasteiger partial charge < -0.3 is 4.74 Å². The lowest BCUT2D eigenvalue weighted by Crippen LogP contribution is -2.57. The number of ether oxygens (including phenoxy) is 1. The third-order valence-electron chi connectivity index (χ3n) is 21.0. The highest BCUT2D eigenvalue weighted by molar-refractivity contribution is 6.48. The molecule has 7 heterocycles. The van der Waals surface area contributed by atoms with Crippen LogP contribution in [0.3, 0.4) is 0 Å². The summed E-state index contributed by atoms with van der Waals surface area (Å²) in [5.41, 5.74) is 7.88. The molecule has 11 aromatic rings. The van der Waals surface area contributed by atoms with E-state index in [2.05, 4.69) is 9.97 Å². The number of fused-ring (bicyclic) bond motifs is 2. The van der Waals surface area contributed by atoms with Gasteiger partial charge in [-0.1, -0.05) is 204 Å². The minimum absolute atomic E-state index is 0.00102. The Morgan fingerprint density at radius 1 is 0.315 bits per heavy atom. The van der Waals surface area contributed by atoms with Gasteiger partial charge in [-0.25, -0.2) is 53.5 Å². The second-order valence-corrected chi connectivity index (χ2v) is 30.1. The van der Waals surface area contributed by atoms with Gasteiger partial charge in [0, 0.05) is 70.3 Å². The number of likely N-dealkylation sites (N-methyl/N-ethyl adjacent to an activating group) is 6. The van der Waals surface area contributed by atoms with Crippen LogP contribution >= 0.6 is 23.2 Å². The normalized spacial score (nSPS) is 15.0. The number of para-hydroxylation sites is 1. The Morgan fingerprint density at radius 3 is 1.02 bits per heavy atom. The fourth-order valence-electron chi connectivity index (χ4n) is 13.7. The van der Waals surface area contributed by atoms with Crippen molar-refractivity contribution in [3.05, 3.63) is 331 Å². The van der Waals surface area contributed by atoms with Crippen molar-refractivity contribution >= 4 is 186 Å². The summed E-state index contributed by atoms with van der Waals surface area (Å²) < 4.78 is 5.17. The SMILES string of the molecule is CC(=C1C(=O)N(c2ccc3ccccc3c2)C(=O)N(c2ccc3ccccc3c2)C1=O)c1ccc(C)cc1.CC(=C1C(=O)N(c2ccccn2)C(=O)N(c2ccccn2)C1=O)c1ccc(C)cc1.CN1C(=O)C(=Cc2ccc(Cl)cc2Cl)C(=O)N(C)C1=O.COc1ccccc1C=C1C(=O)N(C)C(=O)N(C)C1=O.Cc1ccccc1C=C1C(=O)N(C)C(=O)N(C)C1=O. The van der Waals surface area contributed by atoms with Crippen molar-refractivity contribution in [1.29, 1.82) is 0 Å². The minimum Gasteiger partial charge on any atom is -0.496 e. The zero-order valence-electron chi connectivity index (χ0n) is 70.6. The maximum absolute atomic E-state index is 14.0. The van der Waals surface area contributed by atoms with Crippen LogP contribution in [-0.4, -0.2) is 178 Å². The van der Waals surface area contributed by atoms with Crippen LogP contribution in [0, 0.1) is 20.8 Å². The zero-order valence-corrected chi connectivity index (χ0v) is 72.1. The summed E-state index contributed by atoms with van der Waals surface area (Å²) in [6.07, 6.45) is 7.27. The second-order valence-electron chi connectivity index (χ2n) is 29.3. The number of rotatable bonds is 10. The Morgan fingerprint density at radius 2 is 0.646 bits per heavy atom. The van der Waals surface area contributed by atoms with Gasteiger partial charge in [0.05, 0.1) is 18.5 Å². The van der Waals surface area contributed by atoms with E-state index in [1.54, 1.807) is 111 Å². The molecule has 0 atom stereocenters. The predicted octanol–water partition coefficient (Wildman–Crippen LogP) is 16.0. The van der Waals surface area contributed by atoms with Gasteiger partial charge in [-0.2, -0.15) is 0 Å². The van der Waals surface area contributed by atoms with Gasteiger partial charge in [0.25, 0.3) is 59.1 Å². The molecule has 28 nitrogen and oxygen atoms in total. The van der Waals surface area contributed by atoms with Crippen LogP contribution in [0.5, 0.6) is 5.75 Å². The summed E-state index contributed by atoms with van der Waals surface area (Å²) in [5, 5.41) is 4.51. The lowest BCUT2D eigenvalue weighted by atomic mass is 9.96. The fraction of sp³-hybridized carbons (Fsp3) is 0.124. The molecule has 0 spiro atoms. The number of halogens is 2. The number of barbiturate groups is 5. The molecular weight excluding hydrogens is 1660 g/mol. The van der Waals surface area contributed by atoms with Crippen molar-refractivity contribution in [3.63, 3.8) is 0 Å². The van der Waals surface area contributed by atoms with E-state index < -0.39 is 89.2 Å². The Kier molecular flexibility index (Phi) is 27.4. The van der Waals surface area contributed by atoms with Gasteiger partial charge in [-0.05, 0) is 180 Å². The summed E-state index contributed by atoms with van der Waals surface area (Å²) in [7, 11) is 9.52. The molecule has 30 heteroatoms. The molecule has 16 rings (SSSR count). The number of benzene rings is 9. The number of methoxy groups -OCH3 is 1. The number of pyridine rings is 2. The smallest absolute Gasteiger partial charge is 0.345 e. The second kappa shape index (κ2) is 38.6. The Labute approximate surface area is 738 Å². The number of carbonyl (C=O) groups is 15. The monoisotopic (exact) mass is 1740 g/mol. The summed E-state index contributed by atoms with van der Waals surface area (Å²) in [6, 6.07) is 66.9.